The summed E-state index contributed by atoms with van der Waals surface area (Å²) in [7, 11) is 0. The molecule has 2 heterocycles. The first-order valence-corrected chi connectivity index (χ1v) is 7.07. The van der Waals surface area contributed by atoms with Crippen molar-refractivity contribution in [3.8, 4) is 0 Å². The lowest BCUT2D eigenvalue weighted by Crippen LogP contribution is -2.54. The third-order valence-electron chi connectivity index (χ3n) is 2.57. The van der Waals surface area contributed by atoms with E-state index in [2.05, 4.69) is 34.1 Å². The van der Waals surface area contributed by atoms with Crippen LogP contribution in [0.3, 0.4) is 0 Å². The highest BCUT2D eigenvalue weighted by atomic mass is 127. The number of aromatic carboxylic acids is 1. The van der Waals surface area contributed by atoms with Crippen molar-refractivity contribution in [1.29, 1.82) is 0 Å². The van der Waals surface area contributed by atoms with E-state index in [9.17, 15) is 4.79 Å². The van der Waals surface area contributed by atoms with Gasteiger partial charge in [-0.2, -0.15) is 4.57 Å². The summed E-state index contributed by atoms with van der Waals surface area (Å²) in [5, 5.41) is 9.94. The molecule has 15 heavy (non-hydrogen) atoms. The van der Waals surface area contributed by atoms with Gasteiger partial charge in [0, 0.05) is 13.0 Å². The van der Waals surface area contributed by atoms with E-state index in [1.807, 2.05) is 12.3 Å². The average molecular weight is 336 g/mol. The van der Waals surface area contributed by atoms with Gasteiger partial charge in [-0.1, -0.05) is 22.6 Å². The molecule has 0 fully saturated rings. The molecule has 1 N–H and O–H groups in total. The Morgan fingerprint density at radius 3 is 3.13 bits per heavy atom. The molecular weight excluding hydrogens is 325 g/mol. The summed E-state index contributed by atoms with van der Waals surface area (Å²) in [6.45, 7) is 2.16. The number of pyridine rings is 1. The number of halogens is 1. The fourth-order valence-electron chi connectivity index (χ4n) is 1.63. The van der Waals surface area contributed by atoms with Crippen LogP contribution in [0.2, 0.25) is 0 Å². The number of carboxylic acids is 1. The Labute approximate surface area is 106 Å². The Hall–Kier alpha value is -0.300. The zero-order valence-electron chi connectivity index (χ0n) is 8.24. The summed E-state index contributed by atoms with van der Waals surface area (Å²) in [5.41, 5.74) is 0.461. The molecule has 0 saturated carbocycles. The van der Waals surface area contributed by atoms with Crippen LogP contribution in [0.5, 0.6) is 0 Å². The molecule has 1 aromatic rings. The number of alkyl halides is 1. The van der Waals surface area contributed by atoms with Gasteiger partial charge in [-0.3, -0.25) is 0 Å². The van der Waals surface area contributed by atoms with E-state index in [0.29, 0.717) is 5.56 Å². The van der Waals surface area contributed by atoms with Gasteiger partial charge in [-0.15, -0.1) is 0 Å². The third-order valence-corrected chi connectivity index (χ3v) is 5.67. The Kier molecular flexibility index (Phi) is 2.94. The topological polar surface area (TPSA) is 41.2 Å². The molecule has 0 spiro atoms. The van der Waals surface area contributed by atoms with Crippen molar-refractivity contribution >= 4 is 40.3 Å². The fourth-order valence-corrected chi connectivity index (χ4v) is 4.05. The first kappa shape index (κ1) is 11.2. The second kappa shape index (κ2) is 3.93. The van der Waals surface area contributed by atoms with Crippen molar-refractivity contribution in [2.45, 2.75) is 17.5 Å². The molecule has 0 amide bonds. The van der Waals surface area contributed by atoms with Gasteiger partial charge in [0.2, 0.25) is 0 Å². The van der Waals surface area contributed by atoms with Crippen LogP contribution in [0, 0.1) is 0 Å². The van der Waals surface area contributed by atoms with Gasteiger partial charge in [0.05, 0.1) is 10.2 Å². The largest absolute Gasteiger partial charge is 0.477 e. The number of carboxylic acid groups (broad SMARTS) is 1. The van der Waals surface area contributed by atoms with E-state index in [0.717, 1.165) is 15.2 Å². The Morgan fingerprint density at radius 2 is 2.53 bits per heavy atom. The molecule has 1 aliphatic heterocycles. The number of hydrogen-bond acceptors (Lipinski definition) is 2. The standard InChI is InChI=1S/C10H10INO2S/c1-10(5-11)6-15-8-7(9(13)14)3-2-4-12(8)10/h2-4H,5-6H2,1H3/p+1. The van der Waals surface area contributed by atoms with Gasteiger partial charge in [0.15, 0.2) is 11.7 Å². The van der Waals surface area contributed by atoms with Crippen molar-refractivity contribution in [2.24, 2.45) is 0 Å². The lowest BCUT2D eigenvalue weighted by molar-refractivity contribution is -0.777. The number of aromatic nitrogens is 1. The molecule has 0 saturated heterocycles. The van der Waals surface area contributed by atoms with E-state index in [-0.39, 0.29) is 5.54 Å². The van der Waals surface area contributed by atoms with Crippen LogP contribution in [-0.4, -0.2) is 21.3 Å². The summed E-state index contributed by atoms with van der Waals surface area (Å²) in [4.78, 5) is 11.0. The molecule has 0 aliphatic carbocycles. The smallest absolute Gasteiger partial charge is 0.343 e. The maximum atomic E-state index is 11.0. The number of rotatable bonds is 2. The fraction of sp³-hybridized carbons (Fsp3) is 0.400. The normalized spacial score (nSPS) is 23.9. The lowest BCUT2D eigenvalue weighted by atomic mass is 10.1. The average Bonchev–Trinajstić information content (AvgIpc) is 2.57. The molecule has 1 atom stereocenters. The van der Waals surface area contributed by atoms with Crippen molar-refractivity contribution in [3.05, 3.63) is 23.9 Å². The molecule has 0 aromatic carbocycles. The number of thioether (sulfide) groups is 1. The minimum Gasteiger partial charge on any atom is -0.477 e. The highest BCUT2D eigenvalue weighted by Gasteiger charge is 2.44. The van der Waals surface area contributed by atoms with Gasteiger partial charge in [-0.25, -0.2) is 4.79 Å². The SMILES string of the molecule is CC1(CI)CSc2c(C(=O)O)ccc[n+]21. The minimum absolute atomic E-state index is 0.0476. The Bertz CT molecular complexity index is 424. The van der Waals surface area contributed by atoms with Crippen LogP contribution < -0.4 is 4.57 Å². The predicted molar refractivity (Wildman–Crippen MR) is 66.9 cm³/mol. The van der Waals surface area contributed by atoms with Gasteiger partial charge >= 0.3 is 5.97 Å². The maximum absolute atomic E-state index is 11.0. The van der Waals surface area contributed by atoms with Crippen molar-refractivity contribution in [1.82, 2.24) is 0 Å². The van der Waals surface area contributed by atoms with Gasteiger partial charge < -0.3 is 5.11 Å². The molecule has 0 bridgehead atoms. The van der Waals surface area contributed by atoms with Crippen molar-refractivity contribution in [2.75, 3.05) is 10.2 Å². The van der Waals surface area contributed by atoms with Crippen LogP contribution in [0.4, 0.5) is 0 Å². The van der Waals surface area contributed by atoms with Gasteiger partial charge in [0.1, 0.15) is 5.56 Å². The van der Waals surface area contributed by atoms with E-state index < -0.39 is 5.97 Å². The highest BCUT2D eigenvalue weighted by Crippen LogP contribution is 2.33. The molecule has 3 nitrogen and oxygen atoms in total. The molecule has 2 rings (SSSR count). The van der Waals surface area contributed by atoms with Crippen molar-refractivity contribution < 1.29 is 14.5 Å². The van der Waals surface area contributed by atoms with Crippen LogP contribution in [0.1, 0.15) is 17.3 Å². The predicted octanol–water partition coefficient (Wildman–Crippen LogP) is 1.93. The first-order chi connectivity index (χ1) is 7.08. The molecule has 0 radical (unpaired) electrons. The molecule has 1 aliphatic rings. The summed E-state index contributed by atoms with van der Waals surface area (Å²) in [5.74, 6) is 0.102. The quantitative estimate of drug-likeness (QED) is 0.510. The molecular formula is C10H11INO2S+. The van der Waals surface area contributed by atoms with Crippen molar-refractivity contribution in [3.63, 3.8) is 0 Å². The van der Waals surface area contributed by atoms with E-state index in [1.165, 1.54) is 0 Å². The van der Waals surface area contributed by atoms with Crippen LogP contribution in [0.25, 0.3) is 0 Å². The minimum atomic E-state index is -0.843. The summed E-state index contributed by atoms with van der Waals surface area (Å²) >= 11 is 3.98. The van der Waals surface area contributed by atoms with E-state index in [4.69, 9.17) is 5.11 Å². The molecule has 1 unspecified atom stereocenters. The summed E-state index contributed by atoms with van der Waals surface area (Å²) < 4.78 is 3.08. The maximum Gasteiger partial charge on any atom is 0.343 e. The number of hydrogen-bond donors (Lipinski definition) is 1. The molecule has 5 heteroatoms. The Morgan fingerprint density at radius 1 is 1.80 bits per heavy atom. The Balaban J connectivity index is 2.57. The third kappa shape index (κ3) is 1.75. The highest BCUT2D eigenvalue weighted by molar-refractivity contribution is 14.1. The lowest BCUT2D eigenvalue weighted by Gasteiger charge is -2.14. The van der Waals surface area contributed by atoms with E-state index in [1.54, 1.807) is 17.8 Å². The number of carbonyl (C=O) groups is 1. The molecule has 1 aromatic heterocycles. The number of fused-ring (bicyclic) bond motifs is 1. The zero-order valence-corrected chi connectivity index (χ0v) is 11.2. The van der Waals surface area contributed by atoms with Crippen LogP contribution >= 0.6 is 34.4 Å². The second-order valence-electron chi connectivity index (χ2n) is 3.82. The number of nitrogens with zero attached hydrogens (tertiary/aromatic N) is 1. The van der Waals surface area contributed by atoms with E-state index >= 15 is 0 Å². The van der Waals surface area contributed by atoms with Gasteiger partial charge in [-0.05, 0) is 17.8 Å². The first-order valence-electron chi connectivity index (χ1n) is 4.56. The second-order valence-corrected chi connectivity index (χ2v) is 5.55. The van der Waals surface area contributed by atoms with Crippen LogP contribution in [-0.2, 0) is 5.54 Å². The molecule has 80 valence electrons. The summed E-state index contributed by atoms with van der Waals surface area (Å²) in [6, 6.07) is 3.48. The van der Waals surface area contributed by atoms with Gasteiger partial charge in [0.25, 0.3) is 5.03 Å². The zero-order chi connectivity index (χ0) is 11.1. The monoisotopic (exact) mass is 336 g/mol. The summed E-state index contributed by atoms with van der Waals surface area (Å²) in [6.07, 6.45) is 1.97. The van der Waals surface area contributed by atoms with Crippen LogP contribution in [0.15, 0.2) is 23.4 Å².